The summed E-state index contributed by atoms with van der Waals surface area (Å²) in [5, 5.41) is 0. The molecule has 7 heterocycles. The lowest BCUT2D eigenvalue weighted by molar-refractivity contribution is 0.568. The van der Waals surface area contributed by atoms with Gasteiger partial charge in [-0.3, -0.25) is 0 Å². The van der Waals surface area contributed by atoms with E-state index in [9.17, 15) is 0 Å². The zero-order valence-corrected chi connectivity index (χ0v) is 48.6. The second-order valence-corrected chi connectivity index (χ2v) is 27.8. The van der Waals surface area contributed by atoms with Gasteiger partial charge in [0.25, 0.3) is 0 Å². The van der Waals surface area contributed by atoms with E-state index in [-0.39, 0.29) is 32.5 Å². The molecule has 0 atom stereocenters. The third-order valence-electron chi connectivity index (χ3n) is 15.5. The quantitative estimate of drug-likeness (QED) is 0.138. The predicted molar refractivity (Wildman–Crippen MR) is 326 cm³/mol. The maximum Gasteiger partial charge on any atom is 0.0752 e. The first-order valence-electron chi connectivity index (χ1n) is 27.4. The summed E-state index contributed by atoms with van der Waals surface area (Å²) in [6.07, 6.45) is 10.8. The Morgan fingerprint density at radius 3 is 1.09 bits per heavy atom. The predicted octanol–water partition coefficient (Wildman–Crippen LogP) is 19.2. The molecule has 3 aromatic carbocycles. The normalized spacial score (nSPS) is 13.7. The van der Waals surface area contributed by atoms with Gasteiger partial charge in [0.2, 0.25) is 0 Å². The van der Waals surface area contributed by atoms with Crippen molar-refractivity contribution in [3.8, 4) is 44.6 Å². The van der Waals surface area contributed by atoms with Crippen molar-refractivity contribution in [3.05, 3.63) is 177 Å². The molecule has 6 nitrogen and oxygen atoms in total. The van der Waals surface area contributed by atoms with Gasteiger partial charge in [-0.2, -0.15) is 0 Å². The van der Waals surface area contributed by atoms with Crippen molar-refractivity contribution in [1.82, 2.24) is 29.9 Å². The monoisotopic (exact) mass is 1000 g/mol. The summed E-state index contributed by atoms with van der Waals surface area (Å²) < 4.78 is 0. The van der Waals surface area contributed by atoms with Gasteiger partial charge in [0.05, 0.1) is 28.3 Å². The first kappa shape index (κ1) is 52.3. The Balaban J connectivity index is 1.46. The van der Waals surface area contributed by atoms with E-state index >= 15 is 0 Å². The van der Waals surface area contributed by atoms with E-state index in [2.05, 4.69) is 266 Å². The lowest BCUT2D eigenvalue weighted by atomic mass is 9.78. The second kappa shape index (κ2) is 18.2. The topological polar surface area (TPSA) is 88.9 Å². The fourth-order valence-electron chi connectivity index (χ4n) is 10.5. The van der Waals surface area contributed by atoms with Crippen LogP contribution in [0.4, 0.5) is 0 Å². The van der Waals surface area contributed by atoms with Gasteiger partial charge in [-0.25, -0.2) is 9.97 Å². The summed E-state index contributed by atoms with van der Waals surface area (Å²) in [5.41, 5.74) is 25.1. The zero-order valence-electron chi connectivity index (χ0n) is 48.6. The number of nitrogens with zero attached hydrogens (tertiary/aromatic N) is 2. The Kier molecular flexibility index (Phi) is 12.5. The highest BCUT2D eigenvalue weighted by Gasteiger charge is 2.28. The van der Waals surface area contributed by atoms with Crippen LogP contribution in [0.5, 0.6) is 0 Å². The second-order valence-electron chi connectivity index (χ2n) is 27.8. The Hall–Kier alpha value is -7.18. The molecule has 0 saturated carbocycles. The van der Waals surface area contributed by atoms with Crippen molar-refractivity contribution in [2.24, 2.45) is 0 Å². The van der Waals surface area contributed by atoms with Crippen molar-refractivity contribution in [2.75, 3.05) is 0 Å². The molecule has 0 amide bonds. The summed E-state index contributed by atoms with van der Waals surface area (Å²) in [5.74, 6) is 0. The molecule has 5 aromatic heterocycles. The van der Waals surface area contributed by atoms with Crippen LogP contribution in [0.2, 0.25) is 0 Å². The van der Waals surface area contributed by atoms with Crippen LogP contribution in [0.3, 0.4) is 0 Å². The molecule has 4 N–H and O–H groups in total. The van der Waals surface area contributed by atoms with Gasteiger partial charge < -0.3 is 19.9 Å². The molecular formula is C70H80N6. The van der Waals surface area contributed by atoms with Gasteiger partial charge >= 0.3 is 0 Å². The minimum Gasteiger partial charge on any atom is -0.361 e. The summed E-state index contributed by atoms with van der Waals surface area (Å²) in [4.78, 5) is 26.9. The third kappa shape index (κ3) is 10.2. The van der Waals surface area contributed by atoms with Gasteiger partial charge in [-0.05, 0) is 149 Å². The van der Waals surface area contributed by atoms with E-state index in [0.717, 1.165) is 101 Å². The first-order chi connectivity index (χ1) is 35.4. The number of hydrogen-bond donors (Lipinski definition) is 4. The molecule has 8 bridgehead atoms. The molecule has 0 saturated heterocycles. The summed E-state index contributed by atoms with van der Waals surface area (Å²) in [6.45, 7) is 41.6. The number of aromatic amines is 4. The van der Waals surface area contributed by atoms with E-state index in [1.54, 1.807) is 0 Å². The van der Waals surface area contributed by atoms with Crippen LogP contribution < -0.4 is 0 Å². The Labute approximate surface area is 452 Å². The molecule has 8 aromatic rings. The van der Waals surface area contributed by atoms with Crippen LogP contribution in [0.25, 0.3) is 90.5 Å². The highest BCUT2D eigenvalue weighted by molar-refractivity contribution is 6.02. The molecule has 0 aliphatic carbocycles. The highest BCUT2D eigenvalue weighted by Crippen LogP contribution is 2.44. The van der Waals surface area contributed by atoms with E-state index in [4.69, 9.17) is 9.97 Å². The molecule has 0 fully saturated rings. The average molecular weight is 1010 g/mol. The van der Waals surface area contributed by atoms with Crippen LogP contribution in [0.15, 0.2) is 116 Å². The van der Waals surface area contributed by atoms with Gasteiger partial charge in [0.15, 0.2) is 0 Å². The van der Waals surface area contributed by atoms with E-state index in [1.165, 1.54) is 33.4 Å². The molecule has 2 aliphatic heterocycles. The first-order valence-corrected chi connectivity index (χ1v) is 27.4. The molecular weight excluding hydrogens is 925 g/mol. The number of aromatic nitrogens is 6. The molecule has 0 spiro atoms. The largest absolute Gasteiger partial charge is 0.361 e. The maximum atomic E-state index is 5.84. The van der Waals surface area contributed by atoms with Crippen LogP contribution in [0.1, 0.15) is 186 Å². The van der Waals surface area contributed by atoms with Gasteiger partial charge in [-0.1, -0.05) is 179 Å². The van der Waals surface area contributed by atoms with E-state index in [0.29, 0.717) is 0 Å². The lowest BCUT2D eigenvalue weighted by Crippen LogP contribution is -2.16. The average Bonchev–Trinajstić information content (AvgIpc) is 4.21. The van der Waals surface area contributed by atoms with Crippen LogP contribution in [-0.4, -0.2) is 29.9 Å². The fraction of sp³-hybridized carbons (Fsp3) is 0.343. The van der Waals surface area contributed by atoms with Crippen molar-refractivity contribution in [1.29, 1.82) is 0 Å². The van der Waals surface area contributed by atoms with Gasteiger partial charge in [-0.15, -0.1) is 0 Å². The number of nitrogens with one attached hydrogen (secondary N) is 4. The SMILES string of the molecule is CC(C)(C)c1cc(-c2c3nc(c(-c4cc(C(C)(C)C)cc(C(C)(C)C)c4)c4ccc([nH]4)c(-c4cc(C(C)(C)C)cc(C(C)(C)C)c4)c4nc(cc5[nH]c2cc5-c2ccc[nH]2)C(c2ccc[nH]2)=C4)C=C3)cc(C(C)(C)C)c1. The van der Waals surface area contributed by atoms with E-state index in [1.807, 2.05) is 12.4 Å². The zero-order chi connectivity index (χ0) is 54.7. The maximum absolute atomic E-state index is 5.84. The minimum absolute atomic E-state index is 0.105. The van der Waals surface area contributed by atoms with Crippen molar-refractivity contribution >= 4 is 45.9 Å². The van der Waals surface area contributed by atoms with Gasteiger partial charge in [0, 0.05) is 68.2 Å². The Morgan fingerprint density at radius 2 is 0.711 bits per heavy atom. The molecule has 390 valence electrons. The highest BCUT2D eigenvalue weighted by atomic mass is 14.8. The molecule has 2 aliphatic rings. The number of H-pyrrole nitrogens is 4. The standard InChI is InChI=1S/C70H80N6/c1-65(2,3)44-29-41(30-45(35-44)66(4,5)6)62-54-23-25-56(73-54)63(42-31-46(67(7,8)9)36-47(32-42)68(10,11)12)60-38-50(52-21-19-27-71-52)58(75-60)40-59-51(53-22-20-28-72-53)39-61(76-59)64(57-26-24-55(62)74-57)43-33-48(69(13,14)15)37-49(34-43)70(16,17)18/h19-40,71-73,76H,1-18H3. The summed E-state index contributed by atoms with van der Waals surface area (Å²) in [6, 6.07) is 39.1. The molecule has 10 rings (SSSR count). The lowest BCUT2D eigenvalue weighted by Gasteiger charge is -2.26. The van der Waals surface area contributed by atoms with Crippen LogP contribution in [0, 0.1) is 0 Å². The third-order valence-corrected chi connectivity index (χ3v) is 15.5. The molecule has 0 radical (unpaired) electrons. The smallest absolute Gasteiger partial charge is 0.0752 e. The molecule has 76 heavy (non-hydrogen) atoms. The molecule has 6 heteroatoms. The Morgan fingerprint density at radius 1 is 0.342 bits per heavy atom. The fourth-order valence-corrected chi connectivity index (χ4v) is 10.5. The van der Waals surface area contributed by atoms with Crippen LogP contribution in [-0.2, 0) is 32.5 Å². The molecule has 0 unspecified atom stereocenters. The summed E-state index contributed by atoms with van der Waals surface area (Å²) in [7, 11) is 0. The minimum atomic E-state index is -0.106. The van der Waals surface area contributed by atoms with Crippen molar-refractivity contribution in [3.63, 3.8) is 0 Å². The number of benzene rings is 3. The van der Waals surface area contributed by atoms with Crippen LogP contribution >= 0.6 is 0 Å². The van der Waals surface area contributed by atoms with E-state index < -0.39 is 0 Å². The van der Waals surface area contributed by atoms with Crippen molar-refractivity contribution in [2.45, 2.75) is 157 Å². The van der Waals surface area contributed by atoms with Gasteiger partial charge in [0.1, 0.15) is 0 Å². The number of rotatable bonds is 5. The van der Waals surface area contributed by atoms with Crippen molar-refractivity contribution < 1.29 is 0 Å². The number of fused-ring (bicyclic) bond motifs is 8. The summed E-state index contributed by atoms with van der Waals surface area (Å²) >= 11 is 0. The Bertz CT molecular complexity index is 3680. The number of hydrogen-bond acceptors (Lipinski definition) is 2.